The molecule has 5 nitrogen and oxygen atoms in total. The lowest BCUT2D eigenvalue weighted by Gasteiger charge is -2.20. The summed E-state index contributed by atoms with van der Waals surface area (Å²) < 4.78 is 32.7. The Kier molecular flexibility index (Phi) is 4.88. The molecule has 1 heterocycles. The molecule has 3 rings (SSSR count). The van der Waals surface area contributed by atoms with Crippen LogP contribution >= 0.6 is 0 Å². The van der Waals surface area contributed by atoms with E-state index >= 15 is 0 Å². The summed E-state index contributed by atoms with van der Waals surface area (Å²) in [5.74, 6) is -2.77. The lowest BCUT2D eigenvalue weighted by atomic mass is 10.1. The fourth-order valence-corrected chi connectivity index (χ4v) is 2.97. The van der Waals surface area contributed by atoms with Crippen LogP contribution in [0.25, 0.3) is 0 Å². The minimum atomic E-state index is -0.861. The molecule has 1 saturated heterocycles. The number of benzene rings is 2. The number of carbonyl (C=O) groups excluding carboxylic acids is 2. The maximum atomic E-state index is 13.7. The molecule has 0 spiro atoms. The first-order valence-electron chi connectivity index (χ1n) is 8.10. The van der Waals surface area contributed by atoms with Gasteiger partial charge >= 0.3 is 0 Å². The normalized spacial score (nSPS) is 16.7. The summed E-state index contributed by atoms with van der Waals surface area (Å²) in [5.41, 5.74) is 1.01. The van der Waals surface area contributed by atoms with Crippen LogP contribution < -0.4 is 15.0 Å². The van der Waals surface area contributed by atoms with Gasteiger partial charge in [0.25, 0.3) is 0 Å². The SMILES string of the molecule is COc1ccc(C)cc1N1CC(C(=O)Nc2c(F)cccc2F)CC1=O. The number of ether oxygens (including phenoxy) is 1. The van der Waals surface area contributed by atoms with Crippen LogP contribution in [0, 0.1) is 24.5 Å². The number of nitrogens with one attached hydrogen (secondary N) is 1. The van der Waals surface area contributed by atoms with Crippen LogP contribution in [-0.2, 0) is 9.59 Å². The van der Waals surface area contributed by atoms with E-state index in [4.69, 9.17) is 4.74 Å². The summed E-state index contributed by atoms with van der Waals surface area (Å²) in [7, 11) is 1.50. The molecule has 0 aromatic heterocycles. The molecule has 2 aromatic carbocycles. The quantitative estimate of drug-likeness (QED) is 0.910. The summed E-state index contributed by atoms with van der Waals surface area (Å²) in [5, 5.41) is 2.25. The monoisotopic (exact) mass is 360 g/mol. The van der Waals surface area contributed by atoms with Crippen molar-refractivity contribution in [1.29, 1.82) is 0 Å². The zero-order chi connectivity index (χ0) is 18.8. The fraction of sp³-hybridized carbons (Fsp3) is 0.263. The van der Waals surface area contributed by atoms with Crippen molar-refractivity contribution in [3.05, 3.63) is 53.6 Å². The van der Waals surface area contributed by atoms with Gasteiger partial charge in [-0.25, -0.2) is 8.78 Å². The van der Waals surface area contributed by atoms with Crippen LogP contribution in [0.4, 0.5) is 20.2 Å². The number of carbonyl (C=O) groups is 2. The molecule has 1 unspecified atom stereocenters. The second-order valence-electron chi connectivity index (χ2n) is 6.17. The predicted octanol–water partition coefficient (Wildman–Crippen LogP) is 3.27. The average Bonchev–Trinajstić information content (AvgIpc) is 3.00. The predicted molar refractivity (Wildman–Crippen MR) is 93.2 cm³/mol. The number of hydrogen-bond donors (Lipinski definition) is 1. The minimum absolute atomic E-state index is 0.0427. The van der Waals surface area contributed by atoms with Crippen LogP contribution in [0.1, 0.15) is 12.0 Å². The molecule has 2 amide bonds. The lowest BCUT2D eigenvalue weighted by molar-refractivity contribution is -0.122. The molecule has 0 radical (unpaired) electrons. The van der Waals surface area contributed by atoms with E-state index in [1.165, 1.54) is 18.1 Å². The highest BCUT2D eigenvalue weighted by Gasteiger charge is 2.36. The van der Waals surface area contributed by atoms with Gasteiger partial charge in [0.2, 0.25) is 11.8 Å². The third kappa shape index (κ3) is 3.37. The van der Waals surface area contributed by atoms with Crippen LogP contribution in [0.2, 0.25) is 0 Å². The van der Waals surface area contributed by atoms with Crippen LogP contribution in [-0.4, -0.2) is 25.5 Å². The molecule has 0 saturated carbocycles. The number of methoxy groups -OCH3 is 1. The fourth-order valence-electron chi connectivity index (χ4n) is 2.97. The van der Waals surface area contributed by atoms with Crippen molar-refractivity contribution in [3.8, 4) is 5.75 Å². The van der Waals surface area contributed by atoms with E-state index in [0.29, 0.717) is 11.4 Å². The maximum Gasteiger partial charge on any atom is 0.229 e. The van der Waals surface area contributed by atoms with E-state index in [1.807, 2.05) is 13.0 Å². The first-order valence-corrected chi connectivity index (χ1v) is 8.10. The van der Waals surface area contributed by atoms with Crippen molar-refractivity contribution in [2.24, 2.45) is 5.92 Å². The van der Waals surface area contributed by atoms with Gasteiger partial charge in [-0.3, -0.25) is 9.59 Å². The van der Waals surface area contributed by atoms with Gasteiger partial charge in [0.1, 0.15) is 23.1 Å². The van der Waals surface area contributed by atoms with Gasteiger partial charge in [-0.15, -0.1) is 0 Å². The van der Waals surface area contributed by atoms with Crippen molar-refractivity contribution in [2.45, 2.75) is 13.3 Å². The summed E-state index contributed by atoms with van der Waals surface area (Å²) >= 11 is 0. The average molecular weight is 360 g/mol. The highest BCUT2D eigenvalue weighted by Crippen LogP contribution is 2.34. The standard InChI is InChI=1S/C19H18F2N2O3/c1-11-6-7-16(26-2)15(8-11)23-10-12(9-17(23)24)19(25)22-18-13(20)4-3-5-14(18)21/h3-8,12H,9-10H2,1-2H3,(H,22,25). The molecular formula is C19H18F2N2O3. The Bertz CT molecular complexity index is 850. The van der Waals surface area contributed by atoms with E-state index < -0.39 is 29.1 Å². The van der Waals surface area contributed by atoms with Gasteiger partial charge in [-0.1, -0.05) is 12.1 Å². The Morgan fingerprint density at radius 1 is 1.23 bits per heavy atom. The first kappa shape index (κ1) is 17.8. The summed E-state index contributed by atoms with van der Waals surface area (Å²) in [6, 6.07) is 8.73. The smallest absolute Gasteiger partial charge is 0.229 e. The number of rotatable bonds is 4. The van der Waals surface area contributed by atoms with Crippen molar-refractivity contribution in [1.82, 2.24) is 0 Å². The van der Waals surface area contributed by atoms with Gasteiger partial charge in [-0.05, 0) is 36.8 Å². The molecule has 2 aromatic rings. The number of nitrogens with zero attached hydrogens (tertiary/aromatic N) is 1. The molecule has 0 bridgehead atoms. The van der Waals surface area contributed by atoms with Crippen molar-refractivity contribution in [2.75, 3.05) is 23.9 Å². The van der Waals surface area contributed by atoms with E-state index in [-0.39, 0.29) is 18.9 Å². The van der Waals surface area contributed by atoms with E-state index in [2.05, 4.69) is 5.32 Å². The number of amides is 2. The Hall–Kier alpha value is -2.96. The van der Waals surface area contributed by atoms with E-state index in [0.717, 1.165) is 17.7 Å². The third-order valence-corrected chi connectivity index (χ3v) is 4.33. The van der Waals surface area contributed by atoms with Gasteiger partial charge in [-0.2, -0.15) is 0 Å². The van der Waals surface area contributed by atoms with Crippen LogP contribution in [0.5, 0.6) is 5.75 Å². The molecular weight excluding hydrogens is 342 g/mol. The van der Waals surface area contributed by atoms with Gasteiger partial charge < -0.3 is 15.0 Å². The van der Waals surface area contributed by atoms with Crippen LogP contribution in [0.3, 0.4) is 0 Å². The molecule has 1 aliphatic rings. The Morgan fingerprint density at radius 2 is 1.92 bits per heavy atom. The molecule has 1 N–H and O–H groups in total. The summed E-state index contributed by atoms with van der Waals surface area (Å²) in [6.07, 6.45) is -0.0427. The molecule has 0 aliphatic carbocycles. The molecule has 7 heteroatoms. The van der Waals surface area contributed by atoms with Gasteiger partial charge in [0.15, 0.2) is 0 Å². The third-order valence-electron chi connectivity index (χ3n) is 4.33. The molecule has 1 aliphatic heterocycles. The number of para-hydroxylation sites is 1. The van der Waals surface area contributed by atoms with Gasteiger partial charge in [0.05, 0.1) is 18.7 Å². The van der Waals surface area contributed by atoms with E-state index in [1.54, 1.807) is 12.1 Å². The molecule has 1 atom stereocenters. The number of hydrogen-bond acceptors (Lipinski definition) is 3. The second kappa shape index (κ2) is 7.11. The number of aryl methyl sites for hydroxylation is 1. The lowest BCUT2D eigenvalue weighted by Crippen LogP contribution is -2.29. The zero-order valence-electron chi connectivity index (χ0n) is 14.4. The molecule has 1 fully saturated rings. The number of halogens is 2. The Morgan fingerprint density at radius 3 is 2.58 bits per heavy atom. The molecule has 136 valence electrons. The Labute approximate surface area is 149 Å². The number of anilines is 2. The Balaban J connectivity index is 1.80. The first-order chi connectivity index (χ1) is 12.4. The minimum Gasteiger partial charge on any atom is -0.495 e. The van der Waals surface area contributed by atoms with Gasteiger partial charge in [0, 0.05) is 13.0 Å². The van der Waals surface area contributed by atoms with Crippen molar-refractivity contribution < 1.29 is 23.1 Å². The highest BCUT2D eigenvalue weighted by molar-refractivity contribution is 6.04. The van der Waals surface area contributed by atoms with Crippen LogP contribution in [0.15, 0.2) is 36.4 Å². The topological polar surface area (TPSA) is 58.6 Å². The summed E-state index contributed by atoms with van der Waals surface area (Å²) in [4.78, 5) is 26.3. The highest BCUT2D eigenvalue weighted by atomic mass is 19.1. The molecule has 26 heavy (non-hydrogen) atoms. The largest absolute Gasteiger partial charge is 0.495 e. The summed E-state index contributed by atoms with van der Waals surface area (Å²) in [6.45, 7) is 2.00. The second-order valence-corrected chi connectivity index (χ2v) is 6.17. The van der Waals surface area contributed by atoms with Crippen molar-refractivity contribution in [3.63, 3.8) is 0 Å². The van der Waals surface area contributed by atoms with Crippen molar-refractivity contribution >= 4 is 23.2 Å². The van der Waals surface area contributed by atoms with E-state index in [9.17, 15) is 18.4 Å². The zero-order valence-corrected chi connectivity index (χ0v) is 14.4. The maximum absolute atomic E-state index is 13.7.